The summed E-state index contributed by atoms with van der Waals surface area (Å²) in [5, 5.41) is 9.76. The Kier molecular flexibility index (Phi) is 4.12. The van der Waals surface area contributed by atoms with Gasteiger partial charge in [0.15, 0.2) is 0 Å². The molecule has 0 aliphatic heterocycles. The minimum atomic E-state index is 0.322. The first-order valence-electron chi connectivity index (χ1n) is 5.20. The van der Waals surface area contributed by atoms with Crippen molar-refractivity contribution in [2.24, 2.45) is 5.90 Å². The summed E-state index contributed by atoms with van der Waals surface area (Å²) in [6, 6.07) is 3.84. The third kappa shape index (κ3) is 2.94. The van der Waals surface area contributed by atoms with Crippen LogP contribution in [0.4, 0.5) is 0 Å². The second-order valence-corrected chi connectivity index (χ2v) is 4.11. The van der Waals surface area contributed by atoms with Crippen molar-refractivity contribution in [3.63, 3.8) is 0 Å². The van der Waals surface area contributed by atoms with Crippen LogP contribution in [-0.2, 0) is 11.3 Å². The second-order valence-electron chi connectivity index (χ2n) is 4.11. The smallest absolute Gasteiger partial charge is 0.119 e. The van der Waals surface area contributed by atoms with E-state index in [0.717, 1.165) is 17.5 Å². The molecule has 0 radical (unpaired) electrons. The van der Waals surface area contributed by atoms with Crippen molar-refractivity contribution in [3.8, 4) is 5.75 Å². The lowest BCUT2D eigenvalue weighted by Gasteiger charge is -2.13. The van der Waals surface area contributed by atoms with E-state index in [9.17, 15) is 5.11 Å². The van der Waals surface area contributed by atoms with E-state index in [1.165, 1.54) is 5.56 Å². The molecule has 0 fully saturated rings. The van der Waals surface area contributed by atoms with Gasteiger partial charge in [0.25, 0.3) is 0 Å². The fourth-order valence-corrected chi connectivity index (χ4v) is 1.66. The van der Waals surface area contributed by atoms with Gasteiger partial charge < -0.3 is 9.94 Å². The van der Waals surface area contributed by atoms with Gasteiger partial charge in [-0.1, -0.05) is 19.9 Å². The van der Waals surface area contributed by atoms with Crippen molar-refractivity contribution in [3.05, 3.63) is 28.8 Å². The van der Waals surface area contributed by atoms with Gasteiger partial charge in [0.2, 0.25) is 0 Å². The minimum Gasteiger partial charge on any atom is -0.508 e. The first kappa shape index (κ1) is 12.0. The Balaban J connectivity index is 3.00. The first-order valence-corrected chi connectivity index (χ1v) is 5.20. The summed E-state index contributed by atoms with van der Waals surface area (Å²) in [6.45, 7) is 6.61. The summed E-state index contributed by atoms with van der Waals surface area (Å²) in [4.78, 5) is 4.57. The van der Waals surface area contributed by atoms with Gasteiger partial charge >= 0.3 is 0 Å². The maximum atomic E-state index is 9.76. The molecule has 0 aliphatic carbocycles. The summed E-state index contributed by atoms with van der Waals surface area (Å²) in [7, 11) is 0. The summed E-state index contributed by atoms with van der Waals surface area (Å²) in [5.41, 5.74) is 3.24. The van der Waals surface area contributed by atoms with Crippen LogP contribution >= 0.6 is 0 Å². The average molecular weight is 209 g/mol. The topological polar surface area (TPSA) is 55.5 Å². The predicted octanol–water partition coefficient (Wildman–Crippen LogP) is 2.26. The van der Waals surface area contributed by atoms with Crippen molar-refractivity contribution < 1.29 is 9.94 Å². The molecule has 0 aliphatic rings. The molecule has 84 valence electrons. The van der Waals surface area contributed by atoms with Crippen molar-refractivity contribution >= 4 is 0 Å². The number of hydrogen-bond donors (Lipinski definition) is 2. The second kappa shape index (κ2) is 5.14. The average Bonchev–Trinajstić information content (AvgIpc) is 2.16. The van der Waals surface area contributed by atoms with E-state index in [0.29, 0.717) is 18.3 Å². The van der Waals surface area contributed by atoms with Crippen molar-refractivity contribution in [1.29, 1.82) is 0 Å². The Morgan fingerprint density at radius 3 is 2.60 bits per heavy atom. The zero-order valence-corrected chi connectivity index (χ0v) is 9.58. The molecule has 0 aromatic heterocycles. The molecule has 0 unspecified atom stereocenters. The lowest BCUT2D eigenvalue weighted by atomic mass is 9.95. The van der Waals surface area contributed by atoms with E-state index in [2.05, 4.69) is 18.7 Å². The summed E-state index contributed by atoms with van der Waals surface area (Å²) in [5.74, 6) is 5.70. The van der Waals surface area contributed by atoms with Crippen LogP contribution in [0.25, 0.3) is 0 Å². The lowest BCUT2D eigenvalue weighted by Crippen LogP contribution is -2.05. The van der Waals surface area contributed by atoms with Crippen LogP contribution in [0.15, 0.2) is 12.1 Å². The van der Waals surface area contributed by atoms with Crippen molar-refractivity contribution in [2.75, 3.05) is 6.61 Å². The molecule has 1 aromatic carbocycles. The summed E-state index contributed by atoms with van der Waals surface area (Å²) >= 11 is 0. The highest BCUT2D eigenvalue weighted by Gasteiger charge is 2.09. The fourth-order valence-electron chi connectivity index (χ4n) is 1.66. The number of phenols is 1. The van der Waals surface area contributed by atoms with Crippen LogP contribution in [0.3, 0.4) is 0 Å². The molecule has 0 bridgehead atoms. The number of hydrogen-bond acceptors (Lipinski definition) is 3. The number of phenolic OH excluding ortho intramolecular Hbond substituents is 1. The molecule has 3 nitrogen and oxygen atoms in total. The van der Waals surface area contributed by atoms with Gasteiger partial charge in [-0.15, -0.1) is 0 Å². The van der Waals surface area contributed by atoms with E-state index >= 15 is 0 Å². The number of nitrogens with two attached hydrogens (primary N) is 1. The highest BCUT2D eigenvalue weighted by molar-refractivity contribution is 5.43. The van der Waals surface area contributed by atoms with Gasteiger partial charge in [0.1, 0.15) is 5.75 Å². The van der Waals surface area contributed by atoms with Crippen LogP contribution in [0.1, 0.15) is 36.5 Å². The summed E-state index contributed by atoms with van der Waals surface area (Å²) in [6.07, 6.45) is 0.780. The molecular formula is C12H19NO2. The monoisotopic (exact) mass is 209 g/mol. The Morgan fingerprint density at radius 1 is 1.40 bits per heavy atom. The van der Waals surface area contributed by atoms with Gasteiger partial charge in [-0.3, -0.25) is 0 Å². The quantitative estimate of drug-likeness (QED) is 0.748. The van der Waals surface area contributed by atoms with Crippen LogP contribution in [0.2, 0.25) is 0 Å². The zero-order valence-electron chi connectivity index (χ0n) is 9.58. The van der Waals surface area contributed by atoms with Crippen molar-refractivity contribution in [1.82, 2.24) is 0 Å². The van der Waals surface area contributed by atoms with Gasteiger partial charge in [0, 0.05) is 0 Å². The van der Waals surface area contributed by atoms with E-state index in [4.69, 9.17) is 5.90 Å². The Hall–Kier alpha value is -1.06. The maximum Gasteiger partial charge on any atom is 0.119 e. The van der Waals surface area contributed by atoms with E-state index in [-0.39, 0.29) is 0 Å². The largest absolute Gasteiger partial charge is 0.508 e. The van der Waals surface area contributed by atoms with Crippen LogP contribution in [0, 0.1) is 6.92 Å². The van der Waals surface area contributed by atoms with Gasteiger partial charge in [-0.05, 0) is 42.0 Å². The number of aryl methyl sites for hydroxylation is 1. The molecule has 0 spiro atoms. The molecule has 0 saturated carbocycles. The molecule has 15 heavy (non-hydrogen) atoms. The molecule has 3 N–H and O–H groups in total. The fraction of sp³-hybridized carbons (Fsp3) is 0.500. The van der Waals surface area contributed by atoms with Gasteiger partial charge in [-0.2, -0.15) is 0 Å². The molecule has 0 saturated heterocycles. The predicted molar refractivity (Wildman–Crippen MR) is 60.8 cm³/mol. The first-order chi connectivity index (χ1) is 7.06. The highest BCUT2D eigenvalue weighted by Crippen LogP contribution is 2.28. The number of aromatic hydroxyl groups is 1. The van der Waals surface area contributed by atoms with Crippen LogP contribution < -0.4 is 5.90 Å². The third-order valence-corrected chi connectivity index (χ3v) is 2.60. The van der Waals surface area contributed by atoms with Crippen LogP contribution in [-0.4, -0.2) is 11.7 Å². The zero-order chi connectivity index (χ0) is 11.4. The Bertz CT molecular complexity index is 335. The Morgan fingerprint density at radius 2 is 2.07 bits per heavy atom. The third-order valence-electron chi connectivity index (χ3n) is 2.60. The molecule has 3 heteroatoms. The molecule has 0 atom stereocenters. The van der Waals surface area contributed by atoms with Crippen molar-refractivity contribution in [2.45, 2.75) is 33.1 Å². The maximum absolute atomic E-state index is 9.76. The SMILES string of the molecule is Cc1cc(O)c(C(C)C)cc1CCON. The Labute approximate surface area is 90.8 Å². The normalized spacial score (nSPS) is 11.0. The van der Waals surface area contributed by atoms with E-state index in [1.54, 1.807) is 6.07 Å². The van der Waals surface area contributed by atoms with E-state index in [1.807, 2.05) is 13.0 Å². The molecule has 1 rings (SSSR count). The number of benzene rings is 1. The summed E-state index contributed by atoms with van der Waals surface area (Å²) < 4.78 is 0. The standard InChI is InChI=1S/C12H19NO2/c1-8(2)11-7-10(4-5-15-13)9(3)6-12(11)14/h6-8,14H,4-5,13H2,1-3H3. The highest BCUT2D eigenvalue weighted by atomic mass is 16.6. The molecule has 0 heterocycles. The van der Waals surface area contributed by atoms with Crippen LogP contribution in [0.5, 0.6) is 5.75 Å². The molecule has 1 aromatic rings. The van der Waals surface area contributed by atoms with Gasteiger partial charge in [0.05, 0.1) is 6.61 Å². The minimum absolute atomic E-state index is 0.322. The lowest BCUT2D eigenvalue weighted by molar-refractivity contribution is 0.141. The molecule has 0 amide bonds. The number of rotatable bonds is 4. The molecular weight excluding hydrogens is 190 g/mol. The van der Waals surface area contributed by atoms with Gasteiger partial charge in [-0.25, -0.2) is 5.90 Å². The van der Waals surface area contributed by atoms with E-state index < -0.39 is 0 Å².